The molecule has 0 aromatic carbocycles. The maximum atomic E-state index is 12.4. The minimum Gasteiger partial charge on any atom is -0.348 e. The van der Waals surface area contributed by atoms with Crippen molar-refractivity contribution in [3.8, 4) is 0 Å². The fraction of sp³-hybridized carbons (Fsp3) is 0.667. The normalized spacial score (nSPS) is 24.8. The van der Waals surface area contributed by atoms with Gasteiger partial charge >= 0.3 is 0 Å². The van der Waals surface area contributed by atoms with Crippen molar-refractivity contribution in [2.75, 3.05) is 13.1 Å². The Hall–Kier alpha value is -2.02. The molecule has 1 aliphatic heterocycles. The molecule has 2 heterocycles. The molecule has 1 saturated heterocycles. The van der Waals surface area contributed by atoms with Crippen LogP contribution in [0.15, 0.2) is 12.4 Å². The molecule has 7 heteroatoms. The Bertz CT molecular complexity index is 604. The number of rotatable bonds is 4. The molecule has 1 saturated carbocycles. The van der Waals surface area contributed by atoms with Gasteiger partial charge in [0, 0.05) is 25.3 Å². The highest BCUT2D eigenvalue weighted by atomic mass is 16.2. The van der Waals surface area contributed by atoms with Crippen LogP contribution in [0.3, 0.4) is 0 Å². The molecule has 0 bridgehead atoms. The zero-order valence-electron chi connectivity index (χ0n) is 14.8. The van der Waals surface area contributed by atoms with Crippen molar-refractivity contribution in [1.29, 1.82) is 0 Å². The number of carbonyl (C=O) groups is 2. The Kier molecular flexibility index (Phi) is 5.63. The second-order valence-corrected chi connectivity index (χ2v) is 7.19. The Labute approximate surface area is 148 Å². The topological polar surface area (TPSA) is 101 Å². The minimum atomic E-state index is -0.405. The average Bonchev–Trinajstić information content (AvgIpc) is 3.16. The van der Waals surface area contributed by atoms with Gasteiger partial charge in [0.15, 0.2) is 0 Å². The summed E-state index contributed by atoms with van der Waals surface area (Å²) in [5.41, 5.74) is 7.35. The summed E-state index contributed by atoms with van der Waals surface area (Å²) in [6.45, 7) is 3.52. The van der Waals surface area contributed by atoms with Crippen LogP contribution in [0.25, 0.3) is 0 Å². The van der Waals surface area contributed by atoms with Crippen molar-refractivity contribution in [1.82, 2.24) is 20.2 Å². The first-order valence-corrected chi connectivity index (χ1v) is 9.18. The quantitative estimate of drug-likeness (QED) is 0.848. The predicted octanol–water partition coefficient (Wildman–Crippen LogP) is 1.02. The molecule has 25 heavy (non-hydrogen) atoms. The van der Waals surface area contributed by atoms with Crippen LogP contribution in [-0.4, -0.2) is 51.9 Å². The van der Waals surface area contributed by atoms with Gasteiger partial charge in [-0.15, -0.1) is 0 Å². The van der Waals surface area contributed by atoms with Crippen LogP contribution in [0.2, 0.25) is 0 Å². The van der Waals surface area contributed by atoms with Crippen LogP contribution in [0.4, 0.5) is 0 Å². The third-order valence-corrected chi connectivity index (χ3v) is 5.33. The maximum Gasteiger partial charge on any atom is 0.271 e. The van der Waals surface area contributed by atoms with Crippen LogP contribution < -0.4 is 11.1 Å². The molecule has 3 N–H and O–H groups in total. The highest BCUT2D eigenvalue weighted by Gasteiger charge is 2.33. The van der Waals surface area contributed by atoms with E-state index in [9.17, 15) is 9.59 Å². The fourth-order valence-electron chi connectivity index (χ4n) is 3.74. The van der Waals surface area contributed by atoms with Gasteiger partial charge in [0.1, 0.15) is 5.69 Å². The van der Waals surface area contributed by atoms with E-state index in [1.807, 2.05) is 11.8 Å². The first-order chi connectivity index (χ1) is 12.0. The molecular formula is C18H27N5O2. The summed E-state index contributed by atoms with van der Waals surface area (Å²) in [5, 5.41) is 3.02. The Morgan fingerprint density at radius 2 is 1.84 bits per heavy atom. The van der Waals surface area contributed by atoms with Crippen LogP contribution >= 0.6 is 0 Å². The van der Waals surface area contributed by atoms with Gasteiger partial charge in [-0.1, -0.05) is 0 Å². The van der Waals surface area contributed by atoms with Gasteiger partial charge in [0.05, 0.1) is 17.9 Å². The average molecular weight is 345 g/mol. The predicted molar refractivity (Wildman–Crippen MR) is 93.8 cm³/mol. The number of hydrogen-bond donors (Lipinski definition) is 2. The first-order valence-electron chi connectivity index (χ1n) is 9.18. The third-order valence-electron chi connectivity index (χ3n) is 5.33. The van der Waals surface area contributed by atoms with E-state index in [-0.39, 0.29) is 23.8 Å². The van der Waals surface area contributed by atoms with Gasteiger partial charge in [-0.2, -0.15) is 0 Å². The molecule has 0 spiro atoms. The maximum absolute atomic E-state index is 12.4. The third kappa shape index (κ3) is 4.34. The molecule has 0 unspecified atom stereocenters. The molecule has 1 aliphatic carbocycles. The van der Waals surface area contributed by atoms with Gasteiger partial charge in [0.25, 0.3) is 5.91 Å². The van der Waals surface area contributed by atoms with Gasteiger partial charge < -0.3 is 16.0 Å². The molecule has 7 nitrogen and oxygen atoms in total. The van der Waals surface area contributed by atoms with E-state index in [1.54, 1.807) is 6.20 Å². The lowest BCUT2D eigenvalue weighted by molar-refractivity contribution is -0.133. The number of aryl methyl sites for hydroxylation is 1. The van der Waals surface area contributed by atoms with Gasteiger partial charge in [-0.05, 0) is 51.4 Å². The molecule has 136 valence electrons. The van der Waals surface area contributed by atoms with E-state index in [2.05, 4.69) is 15.3 Å². The molecule has 3 rings (SSSR count). The zero-order chi connectivity index (χ0) is 17.8. The number of carbonyl (C=O) groups excluding carboxylic acids is 2. The molecule has 2 amide bonds. The lowest BCUT2D eigenvalue weighted by Gasteiger charge is -2.33. The minimum absolute atomic E-state index is 0.0971. The second-order valence-electron chi connectivity index (χ2n) is 7.19. The van der Waals surface area contributed by atoms with Crippen molar-refractivity contribution >= 4 is 11.8 Å². The van der Waals surface area contributed by atoms with E-state index < -0.39 is 6.04 Å². The summed E-state index contributed by atoms with van der Waals surface area (Å²) in [5.74, 6) is 0.119. The lowest BCUT2D eigenvalue weighted by atomic mass is 9.81. The van der Waals surface area contributed by atoms with Gasteiger partial charge in [-0.3, -0.25) is 14.6 Å². The van der Waals surface area contributed by atoms with E-state index in [4.69, 9.17) is 5.73 Å². The Morgan fingerprint density at radius 3 is 2.44 bits per heavy atom. The number of amides is 2. The monoisotopic (exact) mass is 345 g/mol. The number of nitrogens with two attached hydrogens (primary N) is 1. The summed E-state index contributed by atoms with van der Waals surface area (Å²) in [4.78, 5) is 34.8. The summed E-state index contributed by atoms with van der Waals surface area (Å²) < 4.78 is 0. The summed E-state index contributed by atoms with van der Waals surface area (Å²) in [6.07, 6.45) is 8.68. The smallest absolute Gasteiger partial charge is 0.271 e. The van der Waals surface area contributed by atoms with E-state index in [0.29, 0.717) is 5.69 Å². The Morgan fingerprint density at radius 1 is 1.16 bits per heavy atom. The van der Waals surface area contributed by atoms with Crippen LogP contribution in [-0.2, 0) is 4.79 Å². The standard InChI is InChI=1S/C18H27N5O2/c1-12-10-21-15(11-20-12)17(24)22-14-6-4-13(5-7-14)16(19)18(25)23-8-2-3-9-23/h10-11,13-14,16H,2-9,19H2,1H3,(H,22,24)/t13-,14-,16-/m0/s1. The van der Waals surface area contributed by atoms with Gasteiger partial charge in [-0.25, -0.2) is 4.98 Å². The van der Waals surface area contributed by atoms with E-state index in [1.165, 1.54) is 6.20 Å². The van der Waals surface area contributed by atoms with Crippen molar-refractivity contribution < 1.29 is 9.59 Å². The highest BCUT2D eigenvalue weighted by molar-refractivity contribution is 5.92. The van der Waals surface area contributed by atoms with Crippen LogP contribution in [0.5, 0.6) is 0 Å². The number of nitrogens with zero attached hydrogens (tertiary/aromatic N) is 3. The first kappa shape index (κ1) is 17.8. The molecule has 0 radical (unpaired) electrons. The number of likely N-dealkylation sites (tertiary alicyclic amines) is 1. The van der Waals surface area contributed by atoms with Gasteiger partial charge in [0.2, 0.25) is 5.91 Å². The molecule has 2 fully saturated rings. The van der Waals surface area contributed by atoms with Crippen molar-refractivity contribution in [2.45, 2.75) is 57.5 Å². The van der Waals surface area contributed by atoms with E-state index >= 15 is 0 Å². The molecule has 1 atom stereocenters. The summed E-state index contributed by atoms with van der Waals surface area (Å²) in [7, 11) is 0. The SMILES string of the molecule is Cc1cnc(C(=O)N[C@H]2CC[C@H]([C@H](N)C(=O)N3CCCC3)CC2)cn1. The van der Waals surface area contributed by atoms with Crippen LogP contribution in [0, 0.1) is 12.8 Å². The molecular weight excluding hydrogens is 318 g/mol. The number of hydrogen-bond acceptors (Lipinski definition) is 5. The van der Waals surface area contributed by atoms with Crippen LogP contribution in [0.1, 0.15) is 54.7 Å². The molecule has 1 aromatic rings. The number of aromatic nitrogens is 2. The zero-order valence-corrected chi connectivity index (χ0v) is 14.8. The van der Waals surface area contributed by atoms with Crippen molar-refractivity contribution in [3.05, 3.63) is 23.8 Å². The van der Waals surface area contributed by atoms with Crippen molar-refractivity contribution in [2.24, 2.45) is 11.7 Å². The largest absolute Gasteiger partial charge is 0.348 e. The fourth-order valence-corrected chi connectivity index (χ4v) is 3.74. The van der Waals surface area contributed by atoms with Crippen molar-refractivity contribution in [3.63, 3.8) is 0 Å². The summed E-state index contributed by atoms with van der Waals surface area (Å²) in [6, 6.07) is -0.293. The number of nitrogens with one attached hydrogen (secondary N) is 1. The summed E-state index contributed by atoms with van der Waals surface area (Å²) >= 11 is 0. The molecule has 1 aromatic heterocycles. The second kappa shape index (κ2) is 7.91. The molecule has 2 aliphatic rings. The lowest BCUT2D eigenvalue weighted by Crippen LogP contribution is -2.49. The highest BCUT2D eigenvalue weighted by Crippen LogP contribution is 2.27. The Balaban J connectivity index is 1.47. The van der Waals surface area contributed by atoms with E-state index in [0.717, 1.165) is 57.3 Å².